The van der Waals surface area contributed by atoms with Gasteiger partial charge in [0.15, 0.2) is 23.3 Å². The van der Waals surface area contributed by atoms with Crippen LogP contribution in [0.3, 0.4) is 0 Å². The van der Waals surface area contributed by atoms with Crippen molar-refractivity contribution in [2.45, 2.75) is 13.8 Å². The second-order valence-corrected chi connectivity index (χ2v) is 10.0. The first-order chi connectivity index (χ1) is 18.3. The van der Waals surface area contributed by atoms with Gasteiger partial charge in [-0.3, -0.25) is 9.59 Å². The number of hydrogen-bond donors (Lipinski definition) is 2. The van der Waals surface area contributed by atoms with Crippen molar-refractivity contribution < 1.29 is 23.8 Å². The fourth-order valence-electron chi connectivity index (χ4n) is 3.43. The molecule has 4 rings (SSSR count). The van der Waals surface area contributed by atoms with Crippen LogP contribution in [0.5, 0.6) is 17.2 Å². The van der Waals surface area contributed by atoms with Crippen LogP contribution in [0.4, 0.5) is 11.4 Å². The number of anilines is 1. The summed E-state index contributed by atoms with van der Waals surface area (Å²) in [5.74, 6) is 1.03. The Bertz CT molecular complexity index is 1390. The Balaban J connectivity index is 1.44. The maximum Gasteiger partial charge on any atom is 0.264 e. The summed E-state index contributed by atoms with van der Waals surface area (Å²) in [4.78, 5) is 29.9. The van der Waals surface area contributed by atoms with E-state index < -0.39 is 0 Å². The number of carbonyl (C=O) groups excluding carboxylic acids is 2. The number of halogens is 1. The summed E-state index contributed by atoms with van der Waals surface area (Å²) in [6.07, 6.45) is 1.74. The molecule has 0 bridgehead atoms. The van der Waals surface area contributed by atoms with Gasteiger partial charge in [0.1, 0.15) is 5.75 Å². The summed E-state index contributed by atoms with van der Waals surface area (Å²) in [5.41, 5.74) is 3.21. The van der Waals surface area contributed by atoms with Crippen LogP contribution in [0, 0.1) is 6.92 Å². The zero-order valence-corrected chi connectivity index (χ0v) is 23.4. The molecule has 10 heteroatoms. The van der Waals surface area contributed by atoms with Gasteiger partial charge in [0.05, 0.1) is 24.3 Å². The van der Waals surface area contributed by atoms with Gasteiger partial charge < -0.3 is 24.8 Å². The lowest BCUT2D eigenvalue weighted by atomic mass is 10.2. The largest absolute Gasteiger partial charge is 0.494 e. The third-order valence-electron chi connectivity index (χ3n) is 5.29. The van der Waals surface area contributed by atoms with E-state index >= 15 is 0 Å². The van der Waals surface area contributed by atoms with Gasteiger partial charge in [0.2, 0.25) is 0 Å². The molecule has 0 aliphatic carbocycles. The number of aryl methyl sites for hydroxylation is 1. The van der Waals surface area contributed by atoms with Crippen LogP contribution in [0.1, 0.15) is 18.1 Å². The second kappa shape index (κ2) is 12.7. The quantitative estimate of drug-likeness (QED) is 0.291. The third-order valence-corrected chi connectivity index (χ3v) is 6.89. The minimum atomic E-state index is -0.295. The molecular weight excluding hydrogens is 570 g/mol. The van der Waals surface area contributed by atoms with Gasteiger partial charge in [-0.15, -0.1) is 0 Å². The van der Waals surface area contributed by atoms with Crippen molar-refractivity contribution in [1.82, 2.24) is 5.32 Å². The molecule has 2 amide bonds. The van der Waals surface area contributed by atoms with Gasteiger partial charge >= 0.3 is 0 Å². The normalized spacial score (nSPS) is 14.9. The van der Waals surface area contributed by atoms with E-state index in [1.54, 1.807) is 18.2 Å². The van der Waals surface area contributed by atoms with Crippen molar-refractivity contribution >= 4 is 62.1 Å². The van der Waals surface area contributed by atoms with E-state index in [4.69, 9.17) is 14.2 Å². The van der Waals surface area contributed by atoms with Crippen LogP contribution in [0.15, 0.2) is 75.0 Å². The average Bonchev–Trinajstić information content (AvgIpc) is 3.24. The van der Waals surface area contributed by atoms with Crippen molar-refractivity contribution in [3.63, 3.8) is 0 Å². The number of aliphatic imine (C=N–C) groups is 1. The number of amidine groups is 1. The number of benzene rings is 3. The number of rotatable bonds is 9. The molecule has 0 spiro atoms. The standard InChI is InChI=1S/C28H26BrN3O5S/c1-4-36-21-11-9-20(10-12-21)31-28-32-27(34)25(38-28)14-18-13-23(35-3)24(15-22(18)29)37-16-26(33)30-19-7-5-17(2)6-8-19/h5-15H,4,16H2,1-3H3,(H,30,33)(H,31,32,34)/b25-14+. The molecule has 2 N–H and O–H groups in total. The first-order valence-corrected chi connectivity index (χ1v) is 13.3. The lowest BCUT2D eigenvalue weighted by Gasteiger charge is -2.13. The molecular formula is C28H26BrN3O5S. The van der Waals surface area contributed by atoms with E-state index in [2.05, 4.69) is 31.6 Å². The Morgan fingerprint density at radius 2 is 1.82 bits per heavy atom. The summed E-state index contributed by atoms with van der Waals surface area (Å²) in [7, 11) is 1.51. The zero-order chi connectivity index (χ0) is 27.1. The topological polar surface area (TPSA) is 98.2 Å². The summed E-state index contributed by atoms with van der Waals surface area (Å²) in [5, 5.41) is 6.06. The summed E-state index contributed by atoms with van der Waals surface area (Å²) < 4.78 is 17.3. The average molecular weight is 597 g/mol. The van der Waals surface area contributed by atoms with Crippen LogP contribution < -0.4 is 24.8 Å². The predicted octanol–water partition coefficient (Wildman–Crippen LogP) is 6.07. The number of methoxy groups -OCH3 is 1. The molecule has 0 saturated carbocycles. The zero-order valence-electron chi connectivity index (χ0n) is 21.0. The Morgan fingerprint density at radius 1 is 1.08 bits per heavy atom. The number of carbonyl (C=O) groups is 2. The number of nitrogens with one attached hydrogen (secondary N) is 2. The lowest BCUT2D eigenvalue weighted by molar-refractivity contribution is -0.118. The fourth-order valence-corrected chi connectivity index (χ4v) is 4.70. The minimum absolute atomic E-state index is 0.194. The Morgan fingerprint density at radius 3 is 2.50 bits per heavy atom. The predicted molar refractivity (Wildman–Crippen MR) is 154 cm³/mol. The molecule has 1 aliphatic heterocycles. The molecule has 8 nitrogen and oxygen atoms in total. The van der Waals surface area contributed by atoms with Gasteiger partial charge in [0, 0.05) is 10.2 Å². The van der Waals surface area contributed by atoms with Crippen LogP contribution in [0.2, 0.25) is 0 Å². The fraction of sp³-hybridized carbons (Fsp3) is 0.179. The first-order valence-electron chi connectivity index (χ1n) is 11.7. The van der Waals surface area contributed by atoms with E-state index in [1.165, 1.54) is 18.9 Å². The van der Waals surface area contributed by atoms with Crippen molar-refractivity contribution in [1.29, 1.82) is 0 Å². The Hall–Kier alpha value is -3.76. The number of hydrogen-bond acceptors (Lipinski definition) is 7. The Kier molecular flexibility index (Phi) is 9.09. The summed E-state index contributed by atoms with van der Waals surface area (Å²) in [6, 6.07) is 18.3. The lowest BCUT2D eigenvalue weighted by Crippen LogP contribution is -2.20. The SMILES string of the molecule is CCOc1ccc(N=C2NC(=O)/C(=C\c3cc(OC)c(OCC(=O)Nc4ccc(C)cc4)cc3Br)S2)cc1. The molecule has 0 atom stereocenters. The van der Waals surface area contributed by atoms with E-state index in [1.807, 2.05) is 62.4 Å². The smallest absolute Gasteiger partial charge is 0.264 e. The van der Waals surface area contributed by atoms with E-state index in [9.17, 15) is 9.59 Å². The van der Waals surface area contributed by atoms with E-state index in [-0.39, 0.29) is 18.4 Å². The first kappa shape index (κ1) is 27.3. The molecule has 3 aromatic rings. The van der Waals surface area contributed by atoms with Gasteiger partial charge in [-0.2, -0.15) is 0 Å². The van der Waals surface area contributed by atoms with Crippen LogP contribution >= 0.6 is 27.7 Å². The highest BCUT2D eigenvalue weighted by Gasteiger charge is 2.24. The van der Waals surface area contributed by atoms with Crippen molar-refractivity contribution in [3.05, 3.63) is 81.2 Å². The third kappa shape index (κ3) is 7.17. The van der Waals surface area contributed by atoms with Crippen LogP contribution in [-0.4, -0.2) is 37.3 Å². The van der Waals surface area contributed by atoms with Gasteiger partial charge in [-0.05, 0) is 85.8 Å². The second-order valence-electron chi connectivity index (χ2n) is 8.14. The molecule has 1 fully saturated rings. The molecule has 1 aliphatic rings. The van der Waals surface area contributed by atoms with Crippen molar-refractivity contribution in [2.24, 2.45) is 4.99 Å². The van der Waals surface area contributed by atoms with Crippen LogP contribution in [-0.2, 0) is 9.59 Å². The molecule has 1 saturated heterocycles. The molecule has 38 heavy (non-hydrogen) atoms. The highest BCUT2D eigenvalue weighted by molar-refractivity contribution is 9.10. The summed E-state index contributed by atoms with van der Waals surface area (Å²) >= 11 is 4.77. The van der Waals surface area contributed by atoms with Gasteiger partial charge in [0.25, 0.3) is 11.8 Å². The number of thioether (sulfide) groups is 1. The number of ether oxygens (including phenoxy) is 3. The van der Waals surface area contributed by atoms with Crippen LogP contribution in [0.25, 0.3) is 6.08 Å². The molecule has 0 radical (unpaired) electrons. The van der Waals surface area contributed by atoms with Crippen molar-refractivity contribution in [3.8, 4) is 17.2 Å². The highest BCUT2D eigenvalue weighted by atomic mass is 79.9. The van der Waals surface area contributed by atoms with Crippen molar-refractivity contribution in [2.75, 3.05) is 25.6 Å². The monoisotopic (exact) mass is 595 g/mol. The van der Waals surface area contributed by atoms with E-state index in [0.29, 0.717) is 49.6 Å². The molecule has 3 aromatic carbocycles. The molecule has 0 unspecified atom stereocenters. The van der Waals surface area contributed by atoms with Gasteiger partial charge in [-0.1, -0.05) is 33.6 Å². The van der Waals surface area contributed by atoms with Gasteiger partial charge in [-0.25, -0.2) is 4.99 Å². The summed E-state index contributed by atoms with van der Waals surface area (Å²) in [6.45, 7) is 4.30. The minimum Gasteiger partial charge on any atom is -0.494 e. The number of nitrogens with zero attached hydrogens (tertiary/aromatic N) is 1. The molecule has 0 aromatic heterocycles. The maximum atomic E-state index is 12.6. The van der Waals surface area contributed by atoms with E-state index in [0.717, 1.165) is 11.3 Å². The number of amides is 2. The molecule has 1 heterocycles. The highest BCUT2D eigenvalue weighted by Crippen LogP contribution is 2.37. The maximum absolute atomic E-state index is 12.6. The molecule has 196 valence electrons. The Labute approximate surface area is 233 Å².